The van der Waals surface area contributed by atoms with Crippen LogP contribution in [0.3, 0.4) is 0 Å². The van der Waals surface area contributed by atoms with Crippen molar-refractivity contribution in [3.05, 3.63) is 59.6 Å². The van der Waals surface area contributed by atoms with Crippen LogP contribution in [0.25, 0.3) is 0 Å². The topological polar surface area (TPSA) is 151 Å². The average Bonchev–Trinajstić information content (AvgIpc) is 3.92. The van der Waals surface area contributed by atoms with E-state index in [-0.39, 0.29) is 30.3 Å². The van der Waals surface area contributed by atoms with Crippen LogP contribution in [0.4, 0.5) is 5.82 Å². The lowest BCUT2D eigenvalue weighted by Crippen LogP contribution is -2.37. The number of nitrogen functional groups attached to an aromatic ring is 1. The second kappa shape index (κ2) is 21.2. The average molecular weight is 761 g/mol. The lowest BCUT2D eigenvalue weighted by Gasteiger charge is -2.33. The molecule has 3 aliphatic carbocycles. The number of aromatic nitrogens is 2. The van der Waals surface area contributed by atoms with Crippen molar-refractivity contribution in [2.45, 2.75) is 179 Å². The maximum absolute atomic E-state index is 12.4. The highest BCUT2D eigenvalue weighted by molar-refractivity contribution is 5.70. The number of nitrogens with zero attached hydrogens (tertiary/aromatic N) is 2. The van der Waals surface area contributed by atoms with Crippen molar-refractivity contribution in [3.8, 4) is 0 Å². The van der Waals surface area contributed by atoms with Gasteiger partial charge in [-0.05, 0) is 124 Å². The summed E-state index contributed by atoms with van der Waals surface area (Å²) in [5.74, 6) is 1.49. The van der Waals surface area contributed by atoms with Gasteiger partial charge >= 0.3 is 5.97 Å². The van der Waals surface area contributed by atoms with Gasteiger partial charge in [-0.1, -0.05) is 109 Å². The van der Waals surface area contributed by atoms with E-state index < -0.39 is 23.6 Å². The number of aliphatic carboxylic acids is 1. The number of carboxylic acid groups (broad SMARTS) is 1. The minimum atomic E-state index is -1.03. The maximum Gasteiger partial charge on any atom is 0.309 e. The van der Waals surface area contributed by atoms with Crippen molar-refractivity contribution in [3.63, 3.8) is 0 Å². The van der Waals surface area contributed by atoms with E-state index in [1.54, 1.807) is 6.20 Å². The van der Waals surface area contributed by atoms with Crippen LogP contribution in [-0.4, -0.2) is 49.2 Å². The lowest BCUT2D eigenvalue weighted by molar-refractivity contribution is -0.146. The first kappa shape index (κ1) is 43.4. The summed E-state index contributed by atoms with van der Waals surface area (Å²) >= 11 is 0. The number of rotatable bonds is 23. The molecule has 8 heteroatoms. The first-order chi connectivity index (χ1) is 26.4. The number of aliphatic hydroxyl groups excluding tert-OH is 2. The van der Waals surface area contributed by atoms with E-state index in [1.165, 1.54) is 56.9 Å². The van der Waals surface area contributed by atoms with Gasteiger partial charge < -0.3 is 31.1 Å². The van der Waals surface area contributed by atoms with E-state index in [1.807, 2.05) is 18.3 Å². The highest BCUT2D eigenvalue weighted by Crippen LogP contribution is 2.46. The molecule has 2 fully saturated rings. The molecule has 0 amide bonds. The number of anilines is 1. The number of carboxylic acids is 1. The quantitative estimate of drug-likeness (QED) is 0.0555. The van der Waals surface area contributed by atoms with E-state index in [0.29, 0.717) is 55.7 Å². The maximum atomic E-state index is 12.4. The van der Waals surface area contributed by atoms with E-state index in [2.05, 4.69) is 44.0 Å². The highest BCUT2D eigenvalue weighted by atomic mass is 16.4. The summed E-state index contributed by atoms with van der Waals surface area (Å²) in [5, 5.41) is 44.6. The zero-order valence-corrected chi connectivity index (χ0v) is 34.3. The third kappa shape index (κ3) is 12.9. The summed E-state index contributed by atoms with van der Waals surface area (Å²) in [6, 6.07) is 6.14. The Morgan fingerprint density at radius 2 is 1.80 bits per heavy atom. The van der Waals surface area contributed by atoms with Gasteiger partial charge in [0, 0.05) is 12.1 Å². The molecule has 0 radical (unpaired) electrons. The molecule has 5 rings (SSSR count). The Morgan fingerprint density at radius 1 is 1.02 bits per heavy atom. The van der Waals surface area contributed by atoms with E-state index in [0.717, 1.165) is 62.1 Å². The Kier molecular flexibility index (Phi) is 16.7. The Balaban J connectivity index is 1.14. The van der Waals surface area contributed by atoms with Gasteiger partial charge in [0.2, 0.25) is 0 Å². The van der Waals surface area contributed by atoms with Gasteiger partial charge in [0.15, 0.2) is 0 Å². The van der Waals surface area contributed by atoms with Crippen LogP contribution in [0.5, 0.6) is 0 Å². The van der Waals surface area contributed by atoms with Crippen LogP contribution in [0.1, 0.15) is 166 Å². The minimum absolute atomic E-state index is 0.0431. The molecule has 0 saturated heterocycles. The van der Waals surface area contributed by atoms with Crippen LogP contribution < -0.4 is 10.7 Å². The molecule has 6 N–H and O–H groups in total. The monoisotopic (exact) mass is 761 g/mol. The standard InChI is InChI=1S/C47H74N3O5/c1-4-5-7-12-34-17-18-38(44(52)26-34)15-8-6-9-16-42(46(53)54)43(51)19-21-47(55)30-36(24-35-20-22-49-45(48)27-35)25-40(47)29-41-28-39(31-50-41)33(3)23-32(2)37-13-10-11-14-37/h17-18,20,22,27-28,31-34,36-38,40,42-44,51-52,55H,4-16,19,21,23-26,29-30H2,1-3H3,(H2,48,49)(H,53,54)/q-1. The van der Waals surface area contributed by atoms with Gasteiger partial charge in [0.25, 0.3) is 0 Å². The zero-order chi connectivity index (χ0) is 39.4. The number of carbonyl (C=O) groups is 1. The third-order valence-corrected chi connectivity index (χ3v) is 14.1. The molecule has 308 valence electrons. The zero-order valence-electron chi connectivity index (χ0n) is 34.3. The molecule has 2 aromatic rings. The molecule has 3 aliphatic rings. The van der Waals surface area contributed by atoms with Crippen molar-refractivity contribution < 1.29 is 25.2 Å². The number of aliphatic hydroxyl groups is 3. The number of allylic oxidation sites excluding steroid dienone is 1. The van der Waals surface area contributed by atoms with Crippen LogP contribution in [0.2, 0.25) is 0 Å². The van der Waals surface area contributed by atoms with Crippen molar-refractivity contribution in [2.75, 3.05) is 5.73 Å². The van der Waals surface area contributed by atoms with Crippen molar-refractivity contribution in [1.29, 1.82) is 0 Å². The summed E-state index contributed by atoms with van der Waals surface area (Å²) < 4.78 is 0. The Hall–Kier alpha value is -2.68. The number of unbranched alkanes of at least 4 members (excludes halogenated alkanes) is 4. The molecule has 10 unspecified atom stereocenters. The molecule has 8 nitrogen and oxygen atoms in total. The third-order valence-electron chi connectivity index (χ3n) is 14.1. The van der Waals surface area contributed by atoms with Gasteiger partial charge in [0.05, 0.1) is 23.7 Å². The fraction of sp³-hybridized carbons (Fsp3) is 0.745. The lowest BCUT2D eigenvalue weighted by atomic mass is 9.80. The van der Waals surface area contributed by atoms with Crippen molar-refractivity contribution >= 4 is 11.8 Å². The molecule has 0 aromatic carbocycles. The highest BCUT2D eigenvalue weighted by Gasteiger charge is 2.45. The van der Waals surface area contributed by atoms with Crippen LogP contribution >= 0.6 is 0 Å². The molecule has 2 heterocycles. The molecular formula is C47H74N3O5-. The second-order valence-electron chi connectivity index (χ2n) is 18.5. The number of pyridine rings is 1. The van der Waals surface area contributed by atoms with Crippen molar-refractivity contribution in [2.24, 2.45) is 41.4 Å². The molecule has 0 aliphatic heterocycles. The fourth-order valence-electron chi connectivity index (χ4n) is 10.7. The smallest absolute Gasteiger partial charge is 0.309 e. The van der Waals surface area contributed by atoms with Gasteiger partial charge in [-0.3, -0.25) is 4.79 Å². The van der Waals surface area contributed by atoms with E-state index in [9.17, 15) is 25.2 Å². The van der Waals surface area contributed by atoms with Gasteiger partial charge in [0.1, 0.15) is 5.82 Å². The van der Waals surface area contributed by atoms with Crippen LogP contribution in [0, 0.1) is 41.4 Å². The summed E-state index contributed by atoms with van der Waals surface area (Å²) in [6.07, 6.45) is 26.5. The fourth-order valence-corrected chi connectivity index (χ4v) is 10.7. The number of hydrogen-bond donors (Lipinski definition) is 5. The normalized spacial score (nSPS) is 28.0. The summed E-state index contributed by atoms with van der Waals surface area (Å²) in [7, 11) is 0. The molecule has 0 spiro atoms. The summed E-state index contributed by atoms with van der Waals surface area (Å²) in [6.45, 7) is 6.94. The summed E-state index contributed by atoms with van der Waals surface area (Å²) in [4.78, 5) is 21.4. The molecule has 0 bridgehead atoms. The molecular weight excluding hydrogens is 687 g/mol. The number of hydrogen-bond acceptors (Lipinski definition) is 6. The van der Waals surface area contributed by atoms with Gasteiger partial charge in [-0.25, -0.2) is 4.98 Å². The molecule has 55 heavy (non-hydrogen) atoms. The Labute approximate surface area is 332 Å². The van der Waals surface area contributed by atoms with E-state index >= 15 is 0 Å². The SMILES string of the molecule is CCCCCC1C=CC(CCCCCC(C(=O)O)C(O)CCC2(O)CC(Cc3ccnc(N)c3)CC2Cc2cc(C(C)CC(C)C3CCCC3)c[n-]2)C(O)C1. The summed E-state index contributed by atoms with van der Waals surface area (Å²) in [5.41, 5.74) is 8.36. The molecule has 10 atom stereocenters. The first-order valence-corrected chi connectivity index (χ1v) is 22.3. The number of nitrogens with two attached hydrogens (primary N) is 1. The largest absolute Gasteiger partial charge is 0.667 e. The molecule has 2 aromatic heterocycles. The van der Waals surface area contributed by atoms with Crippen LogP contribution in [-0.2, 0) is 17.6 Å². The Bertz CT molecular complexity index is 1470. The van der Waals surface area contributed by atoms with Gasteiger partial charge in [-0.15, -0.1) is 0 Å². The van der Waals surface area contributed by atoms with Gasteiger partial charge in [-0.2, -0.15) is 11.9 Å². The molecule has 2 saturated carbocycles. The first-order valence-electron chi connectivity index (χ1n) is 22.3. The second-order valence-corrected chi connectivity index (χ2v) is 18.5. The van der Waals surface area contributed by atoms with Crippen LogP contribution in [0.15, 0.2) is 42.7 Å². The predicted octanol–water partition coefficient (Wildman–Crippen LogP) is 9.41. The Morgan fingerprint density at radius 3 is 2.53 bits per heavy atom. The van der Waals surface area contributed by atoms with E-state index in [4.69, 9.17) is 10.7 Å². The minimum Gasteiger partial charge on any atom is -0.667 e. The predicted molar refractivity (Wildman–Crippen MR) is 221 cm³/mol. The van der Waals surface area contributed by atoms with Crippen molar-refractivity contribution in [1.82, 2.24) is 9.97 Å².